The Morgan fingerprint density at radius 2 is 2.00 bits per heavy atom. The van der Waals surface area contributed by atoms with Crippen molar-refractivity contribution in [3.05, 3.63) is 60.1 Å². The zero-order valence-corrected chi connectivity index (χ0v) is 9.95. The Kier molecular flexibility index (Phi) is 4.55. The quantitative estimate of drug-likeness (QED) is 0.483. The van der Waals surface area contributed by atoms with E-state index in [-0.39, 0.29) is 6.61 Å². The number of aliphatic hydroxyl groups excluding tert-OH is 1. The fourth-order valence-corrected chi connectivity index (χ4v) is 1.49. The number of oxime groups is 1. The van der Waals surface area contributed by atoms with Crippen molar-refractivity contribution in [3.63, 3.8) is 0 Å². The van der Waals surface area contributed by atoms with Crippen LogP contribution in [0.4, 0.5) is 0 Å². The maximum atomic E-state index is 8.69. The third-order valence-electron chi connectivity index (χ3n) is 2.35. The van der Waals surface area contributed by atoms with E-state index in [0.29, 0.717) is 24.5 Å². The second-order valence-corrected chi connectivity index (χ2v) is 3.69. The molecule has 4 nitrogen and oxygen atoms in total. The lowest BCUT2D eigenvalue weighted by Crippen LogP contribution is -2.04. The number of benzene rings is 1. The largest absolute Gasteiger partial charge is 0.463 e. The predicted octanol–water partition coefficient (Wildman–Crippen LogP) is 2.43. The normalized spacial score (nSPS) is 11.5. The molecule has 0 bridgehead atoms. The fourth-order valence-electron chi connectivity index (χ4n) is 1.49. The van der Waals surface area contributed by atoms with Gasteiger partial charge in [0.2, 0.25) is 0 Å². The zero-order chi connectivity index (χ0) is 12.6. The molecule has 0 spiro atoms. The highest BCUT2D eigenvalue weighted by Crippen LogP contribution is 2.11. The second kappa shape index (κ2) is 6.61. The Bertz CT molecular complexity index is 477. The van der Waals surface area contributed by atoms with Crippen LogP contribution in [-0.2, 0) is 4.84 Å². The highest BCUT2D eigenvalue weighted by atomic mass is 16.6. The summed E-state index contributed by atoms with van der Waals surface area (Å²) in [4.78, 5) is 5.18. The van der Waals surface area contributed by atoms with Crippen LogP contribution in [0.15, 0.2) is 58.3 Å². The molecule has 2 rings (SSSR count). The summed E-state index contributed by atoms with van der Waals surface area (Å²) in [6.45, 7) is 0.477. The van der Waals surface area contributed by atoms with Crippen molar-refractivity contribution in [2.24, 2.45) is 5.16 Å². The molecule has 0 saturated heterocycles. The molecule has 2 aromatic rings. The van der Waals surface area contributed by atoms with Crippen LogP contribution in [0.5, 0.6) is 0 Å². The average Bonchev–Trinajstić information content (AvgIpc) is 2.94. The van der Waals surface area contributed by atoms with Gasteiger partial charge in [-0.15, -0.1) is 0 Å². The summed E-state index contributed by atoms with van der Waals surface area (Å²) in [5, 5.41) is 12.8. The van der Waals surface area contributed by atoms with Crippen LogP contribution in [0.3, 0.4) is 0 Å². The standard InChI is InChI=1S/C14H15NO3/c16-9-5-11-18-15-14(13-8-4-10-17-13)12-6-2-1-3-7-12/h1-4,6-8,10,16H,5,9,11H2/b15-14+. The van der Waals surface area contributed by atoms with Crippen molar-refractivity contribution in [1.29, 1.82) is 0 Å². The number of aliphatic hydroxyl groups is 1. The lowest BCUT2D eigenvalue weighted by molar-refractivity contribution is 0.124. The smallest absolute Gasteiger partial charge is 0.156 e. The van der Waals surface area contributed by atoms with Crippen molar-refractivity contribution < 1.29 is 14.4 Å². The maximum Gasteiger partial charge on any atom is 0.156 e. The van der Waals surface area contributed by atoms with Crippen LogP contribution in [0.1, 0.15) is 17.7 Å². The van der Waals surface area contributed by atoms with Gasteiger partial charge in [-0.05, 0) is 12.1 Å². The molecule has 0 aliphatic heterocycles. The van der Waals surface area contributed by atoms with E-state index in [2.05, 4.69) is 5.16 Å². The molecule has 1 N–H and O–H groups in total. The van der Waals surface area contributed by atoms with E-state index < -0.39 is 0 Å². The van der Waals surface area contributed by atoms with E-state index in [4.69, 9.17) is 14.4 Å². The molecule has 1 heterocycles. The summed E-state index contributed by atoms with van der Waals surface area (Å²) in [6.07, 6.45) is 2.16. The van der Waals surface area contributed by atoms with Crippen LogP contribution < -0.4 is 0 Å². The van der Waals surface area contributed by atoms with Crippen molar-refractivity contribution in [2.75, 3.05) is 13.2 Å². The number of rotatable bonds is 6. The third kappa shape index (κ3) is 3.21. The first-order valence-electron chi connectivity index (χ1n) is 5.82. The van der Waals surface area contributed by atoms with Crippen molar-refractivity contribution in [2.45, 2.75) is 6.42 Å². The molecule has 1 aromatic carbocycles. The molecule has 0 aliphatic carbocycles. The summed E-state index contributed by atoms with van der Waals surface area (Å²) in [5.74, 6) is 0.658. The molecular weight excluding hydrogens is 230 g/mol. The van der Waals surface area contributed by atoms with E-state index in [1.807, 2.05) is 42.5 Å². The summed E-state index contributed by atoms with van der Waals surface area (Å²) >= 11 is 0. The Hall–Kier alpha value is -2.07. The van der Waals surface area contributed by atoms with Gasteiger partial charge in [0, 0.05) is 18.6 Å². The SMILES string of the molecule is OCCCO/N=C(\c1ccccc1)c1ccco1. The van der Waals surface area contributed by atoms with Gasteiger partial charge in [0.15, 0.2) is 11.5 Å². The van der Waals surface area contributed by atoms with Crippen molar-refractivity contribution in [1.82, 2.24) is 0 Å². The van der Waals surface area contributed by atoms with Gasteiger partial charge in [-0.3, -0.25) is 0 Å². The molecule has 0 amide bonds. The highest BCUT2D eigenvalue weighted by Gasteiger charge is 2.10. The molecule has 94 valence electrons. The van der Waals surface area contributed by atoms with Gasteiger partial charge in [-0.25, -0.2) is 0 Å². The summed E-state index contributed by atoms with van der Waals surface area (Å²) in [7, 11) is 0. The lowest BCUT2D eigenvalue weighted by Gasteiger charge is -2.04. The van der Waals surface area contributed by atoms with Crippen LogP contribution in [0.25, 0.3) is 0 Å². The monoisotopic (exact) mass is 245 g/mol. The van der Waals surface area contributed by atoms with Crippen molar-refractivity contribution in [3.8, 4) is 0 Å². The van der Waals surface area contributed by atoms with Crippen LogP contribution >= 0.6 is 0 Å². The molecule has 18 heavy (non-hydrogen) atoms. The van der Waals surface area contributed by atoms with Crippen LogP contribution in [0.2, 0.25) is 0 Å². The summed E-state index contributed by atoms with van der Waals surface area (Å²) in [5.41, 5.74) is 1.58. The fraction of sp³-hybridized carbons (Fsp3) is 0.214. The lowest BCUT2D eigenvalue weighted by atomic mass is 10.1. The van der Waals surface area contributed by atoms with Gasteiger partial charge >= 0.3 is 0 Å². The average molecular weight is 245 g/mol. The number of hydrogen-bond acceptors (Lipinski definition) is 4. The van der Waals surface area contributed by atoms with Gasteiger partial charge in [0.25, 0.3) is 0 Å². The minimum absolute atomic E-state index is 0.0942. The van der Waals surface area contributed by atoms with E-state index in [0.717, 1.165) is 5.56 Å². The summed E-state index contributed by atoms with van der Waals surface area (Å²) in [6, 6.07) is 13.3. The first-order valence-corrected chi connectivity index (χ1v) is 5.82. The van der Waals surface area contributed by atoms with Gasteiger partial charge in [0.05, 0.1) is 6.26 Å². The minimum atomic E-state index is 0.0942. The highest BCUT2D eigenvalue weighted by molar-refractivity contribution is 6.10. The number of hydrogen-bond donors (Lipinski definition) is 1. The third-order valence-corrected chi connectivity index (χ3v) is 2.35. The molecule has 4 heteroatoms. The van der Waals surface area contributed by atoms with Crippen LogP contribution in [0, 0.1) is 0 Å². The second-order valence-electron chi connectivity index (χ2n) is 3.69. The molecule has 0 radical (unpaired) electrons. The Morgan fingerprint density at radius 1 is 1.17 bits per heavy atom. The van der Waals surface area contributed by atoms with Gasteiger partial charge in [-0.1, -0.05) is 35.5 Å². The van der Waals surface area contributed by atoms with E-state index in [1.165, 1.54) is 0 Å². The van der Waals surface area contributed by atoms with Gasteiger partial charge < -0.3 is 14.4 Å². The zero-order valence-electron chi connectivity index (χ0n) is 9.95. The molecule has 0 atom stereocenters. The molecule has 1 aromatic heterocycles. The minimum Gasteiger partial charge on any atom is -0.463 e. The van der Waals surface area contributed by atoms with Gasteiger partial charge in [0.1, 0.15) is 6.61 Å². The predicted molar refractivity (Wildman–Crippen MR) is 68.4 cm³/mol. The van der Waals surface area contributed by atoms with Crippen molar-refractivity contribution >= 4 is 5.71 Å². The number of furan rings is 1. The topological polar surface area (TPSA) is 55.0 Å². The van der Waals surface area contributed by atoms with Crippen LogP contribution in [-0.4, -0.2) is 24.0 Å². The van der Waals surface area contributed by atoms with E-state index >= 15 is 0 Å². The molecule has 0 aliphatic rings. The maximum absolute atomic E-state index is 8.69. The Balaban J connectivity index is 2.19. The summed E-state index contributed by atoms with van der Waals surface area (Å²) < 4.78 is 5.35. The Morgan fingerprint density at radius 3 is 2.67 bits per heavy atom. The molecule has 0 saturated carbocycles. The first kappa shape index (κ1) is 12.4. The molecule has 0 unspecified atom stereocenters. The van der Waals surface area contributed by atoms with E-state index in [1.54, 1.807) is 6.26 Å². The van der Waals surface area contributed by atoms with E-state index in [9.17, 15) is 0 Å². The van der Waals surface area contributed by atoms with Gasteiger partial charge in [-0.2, -0.15) is 0 Å². The molecular formula is C14H15NO3. The molecule has 0 fully saturated rings. The number of nitrogens with zero attached hydrogens (tertiary/aromatic N) is 1. The Labute approximate surface area is 105 Å². The first-order chi connectivity index (χ1) is 8.92.